The predicted molar refractivity (Wildman–Crippen MR) is 248 cm³/mol. The highest BCUT2D eigenvalue weighted by molar-refractivity contribution is 7.35. The van der Waals surface area contributed by atoms with Crippen LogP contribution in [-0.4, -0.2) is 23.0 Å². The van der Waals surface area contributed by atoms with E-state index in [-0.39, 0.29) is 45.2 Å². The maximum Gasteiger partial charge on any atom is 0.271 e. The summed E-state index contributed by atoms with van der Waals surface area (Å²) in [4.78, 5) is 49.8. The molecule has 4 heterocycles. The zero-order valence-corrected chi connectivity index (χ0v) is 36.2. The number of benzene rings is 2. The van der Waals surface area contributed by atoms with Gasteiger partial charge in [-0.15, -0.1) is 45.3 Å². The van der Waals surface area contributed by atoms with Crippen LogP contribution in [0.15, 0.2) is 82.0 Å². The minimum atomic E-state index is -0.257. The molecular weight excluding hydrogens is 845 g/mol. The van der Waals surface area contributed by atoms with Gasteiger partial charge in [-0.2, -0.15) is 0 Å². The largest absolute Gasteiger partial charge is 0.287 e. The molecule has 2 saturated carbocycles. The van der Waals surface area contributed by atoms with Gasteiger partial charge in [0, 0.05) is 44.2 Å². The summed E-state index contributed by atoms with van der Waals surface area (Å²) in [6, 6.07) is 22.7. The average Bonchev–Trinajstić information content (AvgIpc) is 4.18. The number of aliphatic imine (C=N–C) groups is 2. The summed E-state index contributed by atoms with van der Waals surface area (Å²) >= 11 is 7.09. The summed E-state index contributed by atoms with van der Waals surface area (Å²) in [5.74, 6) is -0.513. The Morgan fingerprint density at radius 2 is 0.952 bits per heavy atom. The first-order chi connectivity index (χ1) is 30.4. The topological polar surface area (TPSA) is 115 Å². The molecule has 62 heavy (non-hydrogen) atoms. The molecule has 0 N–H and O–H groups in total. The van der Waals surface area contributed by atoms with Crippen molar-refractivity contribution in [2.24, 2.45) is 9.98 Å². The number of thiophene rings is 4. The third-order valence-corrected chi connectivity index (χ3v) is 18.8. The van der Waals surface area contributed by atoms with Crippen LogP contribution in [-0.2, 0) is 10.8 Å². The molecule has 12 rings (SSSR count). The Labute approximate surface area is 372 Å². The summed E-state index contributed by atoms with van der Waals surface area (Å²) in [5, 5.41) is 21.3. The molecule has 0 aliphatic heterocycles. The van der Waals surface area contributed by atoms with E-state index in [4.69, 9.17) is 23.1 Å². The molecule has 6 aliphatic rings. The van der Waals surface area contributed by atoms with Gasteiger partial charge < -0.3 is 0 Å². The summed E-state index contributed by atoms with van der Waals surface area (Å²) in [7, 11) is 0. The zero-order valence-electron chi connectivity index (χ0n) is 33.0. The van der Waals surface area contributed by atoms with Crippen LogP contribution in [0.25, 0.3) is 49.7 Å². The van der Waals surface area contributed by atoms with E-state index < -0.39 is 0 Å². The highest BCUT2D eigenvalue weighted by Gasteiger charge is 2.53. The first-order valence-corrected chi connectivity index (χ1v) is 24.0. The van der Waals surface area contributed by atoms with Crippen molar-refractivity contribution in [2.45, 2.75) is 75.0 Å². The van der Waals surface area contributed by atoms with Gasteiger partial charge in [0.15, 0.2) is 0 Å². The van der Waals surface area contributed by atoms with Gasteiger partial charge in [0.25, 0.3) is 11.4 Å². The first-order valence-electron chi connectivity index (χ1n) is 20.8. The molecule has 6 aliphatic carbocycles. The van der Waals surface area contributed by atoms with Crippen molar-refractivity contribution in [1.82, 2.24) is 0 Å². The molecule has 0 unspecified atom stereocenters. The number of fused-ring (bicyclic) bond motifs is 15. The Hall–Kier alpha value is -6.38. The molecule has 8 nitrogen and oxygen atoms in total. The van der Waals surface area contributed by atoms with E-state index in [2.05, 4.69) is 21.8 Å². The third-order valence-electron chi connectivity index (χ3n) is 13.9. The minimum absolute atomic E-state index is 0.123. The zero-order chi connectivity index (χ0) is 42.1. The maximum atomic E-state index is 13.8. The maximum absolute atomic E-state index is 13.8. The van der Waals surface area contributed by atoms with E-state index in [1.165, 1.54) is 64.0 Å². The molecule has 12 heteroatoms. The van der Waals surface area contributed by atoms with Crippen molar-refractivity contribution in [3.05, 3.63) is 139 Å². The number of nitrogens with zero attached hydrogens (tertiary/aromatic N) is 6. The van der Waals surface area contributed by atoms with Crippen LogP contribution in [0.3, 0.4) is 0 Å². The fourth-order valence-electron chi connectivity index (χ4n) is 11.4. The van der Waals surface area contributed by atoms with Crippen molar-refractivity contribution in [1.29, 1.82) is 10.5 Å². The van der Waals surface area contributed by atoms with Gasteiger partial charge in [-0.3, -0.25) is 9.59 Å². The first kappa shape index (κ1) is 37.4. The van der Waals surface area contributed by atoms with Crippen molar-refractivity contribution in [3.63, 3.8) is 0 Å². The standard InChI is InChI=1S/C50H30N6O2S4/c1-53-31(23-51)35-25-13-5-7-15-27(25)41(57)39(35)55-33-21-29-43(59-33)45-37(49(29)17-9-3-10-18-49)47-48(61-45)38-46(62-47)44-30(50(38)19-11-4-12-20-50)22-34(60-44)56-40-36(32(24-52)54-2)26-14-6-8-16-28(26)42(40)58/h5-8,13-16,21-22H,3-4,9-12,17-20H2/b35-31+,36-32?,55-39?,56-40?. The molecule has 2 aromatic carbocycles. The second-order valence-corrected chi connectivity index (χ2v) is 20.9. The Bertz CT molecular complexity index is 3150. The summed E-state index contributed by atoms with van der Waals surface area (Å²) in [6.45, 7) is 15.5. The molecular formula is C50H30N6O2S4. The van der Waals surface area contributed by atoms with Crippen LogP contribution < -0.4 is 0 Å². The lowest BCUT2D eigenvalue weighted by Gasteiger charge is -2.35. The molecule has 6 aromatic rings. The molecule has 2 fully saturated rings. The lowest BCUT2D eigenvalue weighted by Crippen LogP contribution is -2.28. The van der Waals surface area contributed by atoms with Crippen molar-refractivity contribution in [2.75, 3.05) is 0 Å². The second-order valence-electron chi connectivity index (χ2n) is 16.8. The van der Waals surface area contributed by atoms with Gasteiger partial charge in [0.05, 0.1) is 54.2 Å². The van der Waals surface area contributed by atoms with Crippen LogP contribution in [0.5, 0.6) is 0 Å². The number of carbonyl (C=O) groups excluding carboxylic acids is 2. The van der Waals surface area contributed by atoms with E-state index in [0.717, 1.165) is 61.4 Å². The third kappa shape index (κ3) is 4.81. The van der Waals surface area contributed by atoms with E-state index in [1.54, 1.807) is 59.1 Å². The molecule has 4 aromatic heterocycles. The fourth-order valence-corrected chi connectivity index (χ4v) is 17.2. The van der Waals surface area contributed by atoms with Gasteiger partial charge in [-0.05, 0) is 60.1 Å². The lowest BCUT2D eigenvalue weighted by molar-refractivity contribution is 0.106. The molecule has 0 radical (unpaired) electrons. The number of rotatable bonds is 2. The smallest absolute Gasteiger partial charge is 0.271 e. The minimum Gasteiger partial charge on any atom is -0.287 e. The van der Waals surface area contributed by atoms with Crippen LogP contribution in [0.4, 0.5) is 10.0 Å². The summed E-state index contributed by atoms with van der Waals surface area (Å²) in [6.07, 6.45) is 11.0. The average molecular weight is 875 g/mol. The normalized spacial score (nSPS) is 21.3. The van der Waals surface area contributed by atoms with E-state index >= 15 is 0 Å². The monoisotopic (exact) mass is 874 g/mol. The van der Waals surface area contributed by atoms with Gasteiger partial charge in [0.1, 0.15) is 21.4 Å². The van der Waals surface area contributed by atoms with Crippen LogP contribution >= 0.6 is 45.3 Å². The van der Waals surface area contributed by atoms with Gasteiger partial charge in [-0.25, -0.2) is 30.2 Å². The predicted octanol–water partition coefficient (Wildman–Crippen LogP) is 13.8. The van der Waals surface area contributed by atoms with Gasteiger partial charge >= 0.3 is 0 Å². The summed E-state index contributed by atoms with van der Waals surface area (Å²) < 4.78 is 2.77. The number of carbonyl (C=O) groups is 2. The van der Waals surface area contributed by atoms with Crippen molar-refractivity contribution < 1.29 is 9.59 Å². The van der Waals surface area contributed by atoms with Gasteiger partial charge in [-0.1, -0.05) is 87.1 Å². The molecule has 0 amide bonds. The highest BCUT2D eigenvalue weighted by Crippen LogP contribution is 2.70. The number of nitriles is 2. The van der Waals surface area contributed by atoms with E-state index in [9.17, 15) is 20.1 Å². The van der Waals surface area contributed by atoms with E-state index in [1.807, 2.05) is 46.9 Å². The number of hydrogen-bond donors (Lipinski definition) is 0. The Morgan fingerprint density at radius 1 is 0.565 bits per heavy atom. The Kier molecular flexibility index (Phi) is 8.18. The molecule has 0 bridgehead atoms. The van der Waals surface area contributed by atoms with E-state index in [0.29, 0.717) is 33.4 Å². The van der Waals surface area contributed by atoms with Gasteiger partial charge in [0.2, 0.25) is 11.6 Å². The Morgan fingerprint density at radius 3 is 1.32 bits per heavy atom. The number of Topliss-reactive ketones (excluding diaryl/α,β-unsaturated/α-hetero) is 2. The van der Waals surface area contributed by atoms with Crippen LogP contribution in [0.2, 0.25) is 0 Å². The summed E-state index contributed by atoms with van der Waals surface area (Å²) in [5.41, 5.74) is 8.02. The number of hydrogen-bond acceptors (Lipinski definition) is 10. The number of allylic oxidation sites excluding steroid dienone is 4. The fraction of sp³-hybridized carbons (Fsp3) is 0.240. The molecule has 2 spiro atoms. The molecule has 296 valence electrons. The molecule has 0 atom stereocenters. The lowest BCUT2D eigenvalue weighted by atomic mass is 9.67. The number of ketones is 2. The van der Waals surface area contributed by atoms with Crippen molar-refractivity contribution >= 4 is 98.9 Å². The van der Waals surface area contributed by atoms with Crippen molar-refractivity contribution in [3.8, 4) is 31.6 Å². The highest BCUT2D eigenvalue weighted by atomic mass is 32.1. The second kappa shape index (κ2) is 13.6. The SMILES string of the molecule is [C-]#[N+]C(C#N)=C1C(=Nc2cc3c(s2)-c2sc4c5c(sc4c2C32CCCCC2)-c2sc(N=C3C(=O)c4ccccc4/C3=C(/C#N)[N+]#[C-])cc2C52CCCCC2)C(=O)c2ccccc21. The van der Waals surface area contributed by atoms with Crippen LogP contribution in [0, 0.1) is 35.8 Å². The molecule has 0 saturated heterocycles. The quantitative estimate of drug-likeness (QED) is 0.127. The Balaban J connectivity index is 1.02. The van der Waals surface area contributed by atoms with Crippen LogP contribution in [0.1, 0.15) is 118 Å².